The van der Waals surface area contributed by atoms with Gasteiger partial charge in [-0.2, -0.15) is 0 Å². The number of amides is 1. The van der Waals surface area contributed by atoms with E-state index in [4.69, 9.17) is 4.74 Å². The van der Waals surface area contributed by atoms with Crippen LogP contribution < -0.4 is 10.1 Å². The van der Waals surface area contributed by atoms with Gasteiger partial charge in [0.25, 0.3) is 0 Å². The first-order valence-electron chi connectivity index (χ1n) is 6.99. The molecule has 2 aromatic rings. The van der Waals surface area contributed by atoms with E-state index in [1.807, 2.05) is 31.2 Å². The highest BCUT2D eigenvalue weighted by atomic mass is 19.1. The Balaban J connectivity index is 1.74. The molecule has 0 aromatic heterocycles. The molecule has 0 saturated carbocycles. The average molecular weight is 305 g/mol. The van der Waals surface area contributed by atoms with Crippen LogP contribution in [0.2, 0.25) is 0 Å². The van der Waals surface area contributed by atoms with Gasteiger partial charge in [0, 0.05) is 12.5 Å². The summed E-state index contributed by atoms with van der Waals surface area (Å²) in [6, 6.07) is 10.5. The second kappa shape index (κ2) is 7.54. The Morgan fingerprint density at radius 2 is 1.86 bits per heavy atom. The monoisotopic (exact) mass is 305 g/mol. The van der Waals surface area contributed by atoms with Crippen molar-refractivity contribution in [2.24, 2.45) is 0 Å². The lowest BCUT2D eigenvalue weighted by atomic mass is 10.2. The van der Waals surface area contributed by atoms with Gasteiger partial charge in [-0.25, -0.2) is 8.78 Å². The second-order valence-electron chi connectivity index (χ2n) is 4.94. The van der Waals surface area contributed by atoms with E-state index in [2.05, 4.69) is 5.32 Å². The number of halogens is 2. The zero-order valence-corrected chi connectivity index (χ0v) is 12.2. The van der Waals surface area contributed by atoms with Crippen molar-refractivity contribution in [3.05, 3.63) is 59.7 Å². The Bertz CT molecular complexity index is 642. The van der Waals surface area contributed by atoms with Gasteiger partial charge in [0.2, 0.25) is 5.91 Å². The number of carbonyl (C=O) groups excluding carboxylic acids is 1. The summed E-state index contributed by atoms with van der Waals surface area (Å²) in [6.45, 7) is 2.36. The molecule has 5 heteroatoms. The van der Waals surface area contributed by atoms with E-state index in [-0.39, 0.29) is 18.0 Å². The zero-order valence-electron chi connectivity index (χ0n) is 12.2. The molecule has 2 rings (SSSR count). The van der Waals surface area contributed by atoms with Crippen molar-refractivity contribution >= 4 is 11.6 Å². The van der Waals surface area contributed by atoms with Gasteiger partial charge in [0.15, 0.2) is 0 Å². The Hall–Kier alpha value is -2.43. The Morgan fingerprint density at radius 3 is 2.59 bits per heavy atom. The van der Waals surface area contributed by atoms with E-state index in [1.165, 1.54) is 0 Å². The molecule has 116 valence electrons. The summed E-state index contributed by atoms with van der Waals surface area (Å²) in [4.78, 5) is 11.7. The van der Waals surface area contributed by atoms with Crippen LogP contribution in [0.3, 0.4) is 0 Å². The number of benzene rings is 2. The van der Waals surface area contributed by atoms with Gasteiger partial charge in [-0.1, -0.05) is 17.7 Å². The van der Waals surface area contributed by atoms with Crippen molar-refractivity contribution in [1.29, 1.82) is 0 Å². The standard InChI is InChI=1S/C17H17F2NO2/c1-12-4-7-14(8-5-12)22-10-2-3-17(21)20-16-11-13(18)6-9-15(16)19/h4-9,11H,2-3,10H2,1H3,(H,20,21). The molecule has 0 fully saturated rings. The highest BCUT2D eigenvalue weighted by Gasteiger charge is 2.08. The van der Waals surface area contributed by atoms with Gasteiger partial charge in [0.05, 0.1) is 12.3 Å². The molecule has 0 aliphatic carbocycles. The molecule has 0 unspecified atom stereocenters. The van der Waals surface area contributed by atoms with E-state index in [0.717, 1.165) is 29.5 Å². The number of ether oxygens (including phenoxy) is 1. The summed E-state index contributed by atoms with van der Waals surface area (Å²) in [7, 11) is 0. The van der Waals surface area contributed by atoms with Crippen molar-refractivity contribution in [2.45, 2.75) is 19.8 Å². The summed E-state index contributed by atoms with van der Waals surface area (Å²) < 4.78 is 31.8. The fourth-order valence-corrected chi connectivity index (χ4v) is 1.86. The van der Waals surface area contributed by atoms with Crippen LogP contribution in [0.15, 0.2) is 42.5 Å². The molecule has 0 aliphatic rings. The first-order chi connectivity index (χ1) is 10.5. The average Bonchev–Trinajstić information content (AvgIpc) is 2.49. The predicted molar refractivity (Wildman–Crippen MR) is 80.9 cm³/mol. The first-order valence-corrected chi connectivity index (χ1v) is 6.99. The van der Waals surface area contributed by atoms with Gasteiger partial charge < -0.3 is 10.1 Å². The molecule has 0 heterocycles. The van der Waals surface area contributed by atoms with Gasteiger partial charge in [-0.3, -0.25) is 4.79 Å². The third-order valence-electron chi connectivity index (χ3n) is 3.04. The van der Waals surface area contributed by atoms with E-state index < -0.39 is 11.6 Å². The normalized spacial score (nSPS) is 10.3. The van der Waals surface area contributed by atoms with Crippen molar-refractivity contribution in [2.75, 3.05) is 11.9 Å². The molecule has 0 bridgehead atoms. The summed E-state index contributed by atoms with van der Waals surface area (Å²) in [5, 5.41) is 2.35. The Morgan fingerprint density at radius 1 is 1.14 bits per heavy atom. The van der Waals surface area contributed by atoms with Crippen LogP contribution in [0.1, 0.15) is 18.4 Å². The molecule has 3 nitrogen and oxygen atoms in total. The van der Waals surface area contributed by atoms with Gasteiger partial charge in [-0.05, 0) is 37.6 Å². The minimum atomic E-state index is -0.661. The van der Waals surface area contributed by atoms with Crippen LogP contribution in [-0.2, 0) is 4.79 Å². The van der Waals surface area contributed by atoms with Gasteiger partial charge >= 0.3 is 0 Å². The third-order valence-corrected chi connectivity index (χ3v) is 3.04. The molecule has 22 heavy (non-hydrogen) atoms. The van der Waals surface area contributed by atoms with E-state index >= 15 is 0 Å². The van der Waals surface area contributed by atoms with Crippen molar-refractivity contribution in [1.82, 2.24) is 0 Å². The highest BCUT2D eigenvalue weighted by Crippen LogP contribution is 2.16. The van der Waals surface area contributed by atoms with Crippen LogP contribution in [0.5, 0.6) is 5.75 Å². The number of hydrogen-bond donors (Lipinski definition) is 1. The van der Waals surface area contributed by atoms with Crippen LogP contribution in [-0.4, -0.2) is 12.5 Å². The van der Waals surface area contributed by atoms with Crippen LogP contribution in [0.25, 0.3) is 0 Å². The molecule has 0 atom stereocenters. The van der Waals surface area contributed by atoms with Crippen molar-refractivity contribution in [3.63, 3.8) is 0 Å². The topological polar surface area (TPSA) is 38.3 Å². The lowest BCUT2D eigenvalue weighted by Gasteiger charge is -2.08. The molecule has 1 N–H and O–H groups in total. The molecule has 2 aromatic carbocycles. The van der Waals surface area contributed by atoms with E-state index in [9.17, 15) is 13.6 Å². The summed E-state index contributed by atoms with van der Waals surface area (Å²) >= 11 is 0. The maximum Gasteiger partial charge on any atom is 0.224 e. The summed E-state index contributed by atoms with van der Waals surface area (Å²) in [6.07, 6.45) is 0.651. The van der Waals surface area contributed by atoms with Crippen LogP contribution in [0, 0.1) is 18.6 Å². The molecule has 0 spiro atoms. The number of hydrogen-bond acceptors (Lipinski definition) is 2. The quantitative estimate of drug-likeness (QED) is 0.817. The Labute approximate surface area is 127 Å². The lowest BCUT2D eigenvalue weighted by molar-refractivity contribution is -0.116. The Kier molecular flexibility index (Phi) is 5.47. The maximum absolute atomic E-state index is 13.4. The number of carbonyl (C=O) groups is 1. The largest absolute Gasteiger partial charge is 0.494 e. The number of aryl methyl sites for hydroxylation is 1. The molecular weight excluding hydrogens is 288 g/mol. The van der Waals surface area contributed by atoms with Crippen molar-refractivity contribution in [3.8, 4) is 5.75 Å². The predicted octanol–water partition coefficient (Wildman–Crippen LogP) is 4.07. The fraction of sp³-hybridized carbons (Fsp3) is 0.235. The first kappa shape index (κ1) is 15.9. The minimum absolute atomic E-state index is 0.149. The molecule has 1 amide bonds. The van der Waals surface area contributed by atoms with Gasteiger partial charge in [-0.15, -0.1) is 0 Å². The zero-order chi connectivity index (χ0) is 15.9. The van der Waals surface area contributed by atoms with Crippen molar-refractivity contribution < 1.29 is 18.3 Å². The van der Waals surface area contributed by atoms with Crippen LogP contribution in [0.4, 0.5) is 14.5 Å². The number of anilines is 1. The molecule has 0 aliphatic heterocycles. The van der Waals surface area contributed by atoms with Crippen LogP contribution >= 0.6 is 0 Å². The van der Waals surface area contributed by atoms with E-state index in [0.29, 0.717) is 13.0 Å². The van der Waals surface area contributed by atoms with Gasteiger partial charge in [0.1, 0.15) is 17.4 Å². The summed E-state index contributed by atoms with van der Waals surface area (Å²) in [5.41, 5.74) is 0.994. The summed E-state index contributed by atoms with van der Waals surface area (Å²) in [5.74, 6) is -0.899. The highest BCUT2D eigenvalue weighted by molar-refractivity contribution is 5.90. The number of rotatable bonds is 6. The molecule has 0 radical (unpaired) electrons. The minimum Gasteiger partial charge on any atom is -0.494 e. The lowest BCUT2D eigenvalue weighted by Crippen LogP contribution is -2.14. The third kappa shape index (κ3) is 4.84. The fourth-order valence-electron chi connectivity index (χ4n) is 1.86. The molecule has 0 saturated heterocycles. The SMILES string of the molecule is Cc1ccc(OCCCC(=O)Nc2cc(F)ccc2F)cc1. The maximum atomic E-state index is 13.4. The molecular formula is C17H17F2NO2. The number of nitrogens with one attached hydrogen (secondary N) is 1. The van der Waals surface area contributed by atoms with E-state index in [1.54, 1.807) is 0 Å². The smallest absolute Gasteiger partial charge is 0.224 e. The second-order valence-corrected chi connectivity index (χ2v) is 4.94.